The van der Waals surface area contributed by atoms with Crippen LogP contribution in [0.2, 0.25) is 0 Å². The number of likely N-dealkylation sites (N-methyl/N-ethyl adjacent to an activating group) is 1. The van der Waals surface area contributed by atoms with E-state index in [1.54, 1.807) is 0 Å². The quantitative estimate of drug-likeness (QED) is 0.812. The molecule has 0 saturated heterocycles. The van der Waals surface area contributed by atoms with Crippen LogP contribution in [0, 0.1) is 17.8 Å². The molecule has 3 aliphatic carbocycles. The van der Waals surface area contributed by atoms with Crippen molar-refractivity contribution in [2.75, 3.05) is 20.1 Å². The molecule has 1 N–H and O–H groups in total. The van der Waals surface area contributed by atoms with Crippen molar-refractivity contribution in [2.45, 2.75) is 57.0 Å². The van der Waals surface area contributed by atoms with E-state index in [1.807, 2.05) is 0 Å². The third-order valence-corrected chi connectivity index (χ3v) is 5.53. The molecule has 0 spiro atoms. The summed E-state index contributed by atoms with van der Waals surface area (Å²) >= 11 is 0. The zero-order valence-corrected chi connectivity index (χ0v) is 11.2. The van der Waals surface area contributed by atoms with Crippen LogP contribution in [-0.4, -0.2) is 35.7 Å². The molecule has 3 rings (SSSR count). The fourth-order valence-corrected chi connectivity index (χ4v) is 4.76. The van der Waals surface area contributed by atoms with E-state index in [2.05, 4.69) is 11.9 Å². The third-order valence-electron chi connectivity index (χ3n) is 5.53. The van der Waals surface area contributed by atoms with Gasteiger partial charge in [0.25, 0.3) is 0 Å². The smallest absolute Gasteiger partial charge is 0.0774 e. The van der Waals surface area contributed by atoms with Gasteiger partial charge in [-0.15, -0.1) is 0 Å². The molecular weight excluding hydrogens is 210 g/mol. The Bertz CT molecular complexity index is 272. The number of rotatable bonds is 4. The molecule has 98 valence electrons. The lowest BCUT2D eigenvalue weighted by Gasteiger charge is -2.32. The predicted octanol–water partition coefficient (Wildman–Crippen LogP) is 2.66. The molecule has 3 atom stereocenters. The van der Waals surface area contributed by atoms with Crippen molar-refractivity contribution in [3.05, 3.63) is 0 Å². The van der Waals surface area contributed by atoms with Gasteiger partial charge in [0.05, 0.1) is 5.60 Å². The normalized spacial score (nSPS) is 39.4. The first kappa shape index (κ1) is 12.0. The second-order valence-electron chi connectivity index (χ2n) is 7.06. The summed E-state index contributed by atoms with van der Waals surface area (Å²) in [5.74, 6) is 3.00. The fraction of sp³-hybridized carbons (Fsp3) is 1.00. The largest absolute Gasteiger partial charge is 0.389 e. The van der Waals surface area contributed by atoms with Crippen molar-refractivity contribution in [1.29, 1.82) is 0 Å². The monoisotopic (exact) mass is 237 g/mol. The summed E-state index contributed by atoms with van der Waals surface area (Å²) in [4.78, 5) is 2.41. The van der Waals surface area contributed by atoms with Gasteiger partial charge >= 0.3 is 0 Å². The molecule has 3 aliphatic rings. The minimum absolute atomic E-state index is 0.355. The van der Waals surface area contributed by atoms with Crippen molar-refractivity contribution in [3.8, 4) is 0 Å². The maximum Gasteiger partial charge on any atom is 0.0774 e. The van der Waals surface area contributed by atoms with Gasteiger partial charge < -0.3 is 10.0 Å². The van der Waals surface area contributed by atoms with Crippen LogP contribution in [0.5, 0.6) is 0 Å². The third kappa shape index (κ3) is 2.53. The van der Waals surface area contributed by atoms with E-state index in [9.17, 15) is 5.11 Å². The highest BCUT2D eigenvalue weighted by atomic mass is 16.3. The second kappa shape index (κ2) is 4.55. The molecule has 2 bridgehead atoms. The molecule has 3 saturated carbocycles. The van der Waals surface area contributed by atoms with Crippen molar-refractivity contribution in [3.63, 3.8) is 0 Å². The zero-order chi connectivity index (χ0) is 11.9. The van der Waals surface area contributed by atoms with Crippen LogP contribution < -0.4 is 0 Å². The molecule has 17 heavy (non-hydrogen) atoms. The molecule has 3 fully saturated rings. The van der Waals surface area contributed by atoms with Crippen LogP contribution in [0.15, 0.2) is 0 Å². The summed E-state index contributed by atoms with van der Waals surface area (Å²) < 4.78 is 0. The first-order chi connectivity index (χ1) is 8.15. The molecule has 0 radical (unpaired) electrons. The summed E-state index contributed by atoms with van der Waals surface area (Å²) in [6.07, 6.45) is 10.4. The average molecular weight is 237 g/mol. The average Bonchev–Trinajstić information content (AvgIpc) is 2.93. The number of hydrogen-bond acceptors (Lipinski definition) is 2. The Labute approximate surface area is 105 Å². The van der Waals surface area contributed by atoms with Gasteiger partial charge in [-0.3, -0.25) is 0 Å². The van der Waals surface area contributed by atoms with E-state index in [0.29, 0.717) is 0 Å². The number of fused-ring (bicyclic) bond motifs is 2. The maximum absolute atomic E-state index is 10.4. The van der Waals surface area contributed by atoms with Gasteiger partial charge in [0, 0.05) is 13.1 Å². The fourth-order valence-electron chi connectivity index (χ4n) is 4.76. The Morgan fingerprint density at radius 2 is 1.94 bits per heavy atom. The number of hydrogen-bond donors (Lipinski definition) is 1. The van der Waals surface area contributed by atoms with E-state index >= 15 is 0 Å². The lowest BCUT2D eigenvalue weighted by Crippen LogP contribution is -2.41. The number of aliphatic hydroxyl groups is 1. The highest BCUT2D eigenvalue weighted by Gasteiger charge is 2.40. The highest BCUT2D eigenvalue weighted by Crippen LogP contribution is 2.48. The summed E-state index contributed by atoms with van der Waals surface area (Å²) in [7, 11) is 2.21. The Kier molecular flexibility index (Phi) is 3.20. The van der Waals surface area contributed by atoms with Crippen LogP contribution >= 0.6 is 0 Å². The van der Waals surface area contributed by atoms with Crippen molar-refractivity contribution in [2.24, 2.45) is 17.8 Å². The number of nitrogens with zero attached hydrogens (tertiary/aromatic N) is 1. The second-order valence-corrected chi connectivity index (χ2v) is 7.06. The van der Waals surface area contributed by atoms with Gasteiger partial charge in [-0.2, -0.15) is 0 Å². The van der Waals surface area contributed by atoms with Crippen molar-refractivity contribution < 1.29 is 5.11 Å². The van der Waals surface area contributed by atoms with E-state index in [-0.39, 0.29) is 5.60 Å². The Balaban J connectivity index is 1.48. The summed E-state index contributed by atoms with van der Waals surface area (Å²) in [5, 5.41) is 10.4. The van der Waals surface area contributed by atoms with Crippen LogP contribution in [0.25, 0.3) is 0 Å². The molecule has 0 aromatic carbocycles. The lowest BCUT2D eigenvalue weighted by atomic mass is 9.88. The van der Waals surface area contributed by atoms with E-state index in [0.717, 1.165) is 37.1 Å². The molecule has 0 heterocycles. The molecule has 0 amide bonds. The molecule has 2 heteroatoms. The minimum atomic E-state index is -0.355. The molecular formula is C15H27NO. The summed E-state index contributed by atoms with van der Waals surface area (Å²) in [6.45, 7) is 2.13. The topological polar surface area (TPSA) is 23.5 Å². The van der Waals surface area contributed by atoms with E-state index in [1.165, 1.54) is 45.1 Å². The molecule has 0 aromatic rings. The van der Waals surface area contributed by atoms with Gasteiger partial charge in [0.1, 0.15) is 0 Å². The van der Waals surface area contributed by atoms with Gasteiger partial charge in [-0.05, 0) is 56.9 Å². The van der Waals surface area contributed by atoms with Gasteiger partial charge in [-0.25, -0.2) is 0 Å². The SMILES string of the molecule is CN(CC1CC2CCC1C2)CC1(O)CCCC1. The minimum Gasteiger partial charge on any atom is -0.389 e. The van der Waals surface area contributed by atoms with Crippen LogP contribution in [0.3, 0.4) is 0 Å². The van der Waals surface area contributed by atoms with Crippen LogP contribution in [-0.2, 0) is 0 Å². The van der Waals surface area contributed by atoms with Gasteiger partial charge in [0.2, 0.25) is 0 Å². The van der Waals surface area contributed by atoms with E-state index < -0.39 is 0 Å². The Morgan fingerprint density at radius 3 is 2.53 bits per heavy atom. The predicted molar refractivity (Wildman–Crippen MR) is 69.9 cm³/mol. The maximum atomic E-state index is 10.4. The first-order valence-electron chi connectivity index (χ1n) is 7.56. The molecule has 2 nitrogen and oxygen atoms in total. The molecule has 0 aliphatic heterocycles. The van der Waals surface area contributed by atoms with Gasteiger partial charge in [-0.1, -0.05) is 19.3 Å². The van der Waals surface area contributed by atoms with Gasteiger partial charge in [0.15, 0.2) is 0 Å². The Hall–Kier alpha value is -0.0800. The highest BCUT2D eigenvalue weighted by molar-refractivity contribution is 4.92. The molecule has 0 aromatic heterocycles. The van der Waals surface area contributed by atoms with E-state index in [4.69, 9.17) is 0 Å². The Morgan fingerprint density at radius 1 is 1.18 bits per heavy atom. The van der Waals surface area contributed by atoms with Crippen LogP contribution in [0.4, 0.5) is 0 Å². The van der Waals surface area contributed by atoms with Crippen molar-refractivity contribution >= 4 is 0 Å². The zero-order valence-electron chi connectivity index (χ0n) is 11.2. The molecule has 3 unspecified atom stereocenters. The first-order valence-corrected chi connectivity index (χ1v) is 7.56. The summed E-state index contributed by atoms with van der Waals surface area (Å²) in [5.41, 5.74) is -0.355. The standard InChI is InChI=1S/C15H27NO/c1-16(11-15(17)6-2-3-7-15)10-14-9-12-4-5-13(14)8-12/h12-14,17H,2-11H2,1H3. The lowest BCUT2D eigenvalue weighted by molar-refractivity contribution is 0.0108. The summed E-state index contributed by atoms with van der Waals surface area (Å²) in [6, 6.07) is 0. The van der Waals surface area contributed by atoms with Crippen molar-refractivity contribution in [1.82, 2.24) is 4.90 Å². The van der Waals surface area contributed by atoms with Crippen LogP contribution in [0.1, 0.15) is 51.4 Å².